The molecular weight excluding hydrogens is 246 g/mol. The maximum Gasteiger partial charge on any atom is 0.187 e. The van der Waals surface area contributed by atoms with Crippen LogP contribution < -0.4 is 10.4 Å². The summed E-state index contributed by atoms with van der Waals surface area (Å²) in [5.74, 6) is -1.49. The Morgan fingerprint density at radius 3 is 3.00 bits per heavy atom. The van der Waals surface area contributed by atoms with E-state index in [1.54, 1.807) is 12.1 Å². The minimum Gasteiger partial charge on any atom is -0.545 e. The fourth-order valence-corrected chi connectivity index (χ4v) is 2.79. The van der Waals surface area contributed by atoms with Crippen molar-refractivity contribution in [2.24, 2.45) is 0 Å². The van der Waals surface area contributed by atoms with Crippen molar-refractivity contribution < 1.29 is 19.4 Å². The minimum atomic E-state index is -1.32. The van der Waals surface area contributed by atoms with Gasteiger partial charge in [0, 0.05) is 24.3 Å². The molecule has 19 heavy (non-hydrogen) atoms. The van der Waals surface area contributed by atoms with Crippen LogP contribution in [0.2, 0.25) is 0 Å². The molecule has 0 amide bonds. The van der Waals surface area contributed by atoms with Gasteiger partial charge in [0.05, 0.1) is 23.7 Å². The highest BCUT2D eigenvalue weighted by molar-refractivity contribution is 6.15. The predicted molar refractivity (Wildman–Crippen MR) is 66.1 cm³/mol. The monoisotopic (exact) mass is 260 g/mol. The number of anilines is 1. The second kappa shape index (κ2) is 4.66. The Bertz CT molecular complexity index is 534. The normalized spacial score (nSPS) is 25.2. The number of nitrogens with one attached hydrogen (secondary N) is 1. The molecule has 2 atom stereocenters. The molecule has 1 aromatic rings. The first-order valence-electron chi connectivity index (χ1n) is 6.43. The van der Waals surface area contributed by atoms with Crippen molar-refractivity contribution in [1.82, 2.24) is 0 Å². The van der Waals surface area contributed by atoms with E-state index in [2.05, 4.69) is 5.32 Å². The lowest BCUT2D eigenvalue weighted by molar-refractivity contribution is -0.255. The topological polar surface area (TPSA) is 78.5 Å². The number of hydrogen-bond donors (Lipinski definition) is 1. The quantitative estimate of drug-likeness (QED) is 0.860. The van der Waals surface area contributed by atoms with Crippen LogP contribution in [0.3, 0.4) is 0 Å². The van der Waals surface area contributed by atoms with Gasteiger partial charge >= 0.3 is 0 Å². The van der Waals surface area contributed by atoms with Crippen LogP contribution in [0.5, 0.6) is 0 Å². The molecule has 0 spiro atoms. The van der Waals surface area contributed by atoms with Gasteiger partial charge in [-0.2, -0.15) is 0 Å². The fraction of sp³-hybridized carbons (Fsp3) is 0.429. The molecule has 0 aromatic heterocycles. The molecule has 0 radical (unpaired) electrons. The van der Waals surface area contributed by atoms with Gasteiger partial charge in [-0.25, -0.2) is 0 Å². The number of Topliss-reactive ketones (excluding diaryl/α,β-unsaturated/α-hetero) is 1. The third kappa shape index (κ3) is 2.10. The maximum absolute atomic E-state index is 12.3. The number of carboxylic acids is 1. The Balaban J connectivity index is 1.85. The standard InChI is InChI=1S/C14H15NO4/c16-13-11(7-8-3-2-6-19-8)15-10-5-1-4-9(12(10)13)14(17)18/h1,4-5,8,11,15H,2-3,6-7H2,(H,17,18)/p-1/t8-,11-/m0/s1. The zero-order valence-corrected chi connectivity index (χ0v) is 10.3. The zero-order chi connectivity index (χ0) is 13.4. The molecule has 2 heterocycles. The highest BCUT2D eigenvalue weighted by atomic mass is 16.5. The van der Waals surface area contributed by atoms with Crippen LogP contribution in [0.4, 0.5) is 5.69 Å². The van der Waals surface area contributed by atoms with Crippen molar-refractivity contribution in [2.75, 3.05) is 11.9 Å². The van der Waals surface area contributed by atoms with E-state index in [0.29, 0.717) is 12.1 Å². The van der Waals surface area contributed by atoms with E-state index < -0.39 is 12.0 Å². The van der Waals surface area contributed by atoms with Crippen LogP contribution in [0.15, 0.2) is 18.2 Å². The van der Waals surface area contributed by atoms with Crippen molar-refractivity contribution in [3.05, 3.63) is 29.3 Å². The third-order valence-corrected chi connectivity index (χ3v) is 3.70. The van der Waals surface area contributed by atoms with Crippen LogP contribution >= 0.6 is 0 Å². The third-order valence-electron chi connectivity index (χ3n) is 3.70. The predicted octanol–water partition coefficient (Wildman–Crippen LogP) is 0.596. The van der Waals surface area contributed by atoms with E-state index in [1.807, 2.05) is 0 Å². The number of fused-ring (bicyclic) bond motifs is 1. The Kier molecular flexibility index (Phi) is 2.98. The summed E-state index contributed by atoms with van der Waals surface area (Å²) in [4.78, 5) is 23.3. The highest BCUT2D eigenvalue weighted by Gasteiger charge is 2.34. The summed E-state index contributed by atoms with van der Waals surface area (Å²) in [6.45, 7) is 0.739. The van der Waals surface area contributed by atoms with Gasteiger partial charge < -0.3 is 20.0 Å². The molecule has 1 N–H and O–H groups in total. The average Bonchev–Trinajstić information content (AvgIpc) is 2.99. The van der Waals surface area contributed by atoms with Gasteiger partial charge in [-0.3, -0.25) is 4.79 Å². The highest BCUT2D eigenvalue weighted by Crippen LogP contribution is 2.31. The van der Waals surface area contributed by atoms with Gasteiger partial charge in [-0.15, -0.1) is 0 Å². The van der Waals surface area contributed by atoms with Crippen LogP contribution in [0, 0.1) is 0 Å². The van der Waals surface area contributed by atoms with E-state index >= 15 is 0 Å². The molecular formula is C14H14NO4-. The summed E-state index contributed by atoms with van der Waals surface area (Å²) in [5, 5.41) is 14.1. The Labute approximate surface area is 110 Å². The minimum absolute atomic E-state index is 0.0372. The number of carbonyl (C=O) groups is 2. The molecule has 3 rings (SSSR count). The molecule has 0 bridgehead atoms. The number of hydrogen-bond acceptors (Lipinski definition) is 5. The SMILES string of the molecule is O=C([O-])c1cccc2c1C(=O)[C@H](C[C@@H]1CCCO1)N2. The lowest BCUT2D eigenvalue weighted by Gasteiger charge is -2.14. The Morgan fingerprint density at radius 1 is 1.47 bits per heavy atom. The van der Waals surface area contributed by atoms with E-state index in [9.17, 15) is 14.7 Å². The van der Waals surface area contributed by atoms with Crippen molar-refractivity contribution >= 4 is 17.4 Å². The van der Waals surface area contributed by atoms with E-state index in [4.69, 9.17) is 4.74 Å². The van der Waals surface area contributed by atoms with Crippen LogP contribution in [0.1, 0.15) is 40.0 Å². The fourth-order valence-electron chi connectivity index (χ4n) is 2.79. The largest absolute Gasteiger partial charge is 0.545 e. The second-order valence-corrected chi connectivity index (χ2v) is 4.95. The van der Waals surface area contributed by atoms with Gasteiger partial charge in [-0.05, 0) is 18.9 Å². The summed E-state index contributed by atoms with van der Waals surface area (Å²) >= 11 is 0. The number of carbonyl (C=O) groups excluding carboxylic acids is 2. The van der Waals surface area contributed by atoms with E-state index in [0.717, 1.165) is 19.4 Å². The molecule has 0 saturated carbocycles. The second-order valence-electron chi connectivity index (χ2n) is 4.95. The number of ether oxygens (including phenoxy) is 1. The number of aromatic carboxylic acids is 1. The van der Waals surface area contributed by atoms with Crippen LogP contribution in [-0.2, 0) is 4.74 Å². The Morgan fingerprint density at radius 2 is 2.32 bits per heavy atom. The molecule has 0 aliphatic carbocycles. The summed E-state index contributed by atoms with van der Waals surface area (Å²) in [7, 11) is 0. The zero-order valence-electron chi connectivity index (χ0n) is 10.3. The summed E-state index contributed by atoms with van der Waals surface area (Å²) in [6.07, 6.45) is 2.64. The van der Waals surface area contributed by atoms with Gasteiger partial charge in [0.25, 0.3) is 0 Å². The first kappa shape index (κ1) is 12.2. The summed E-state index contributed by atoms with van der Waals surface area (Å²) in [5.41, 5.74) is 0.782. The van der Waals surface area contributed by atoms with Crippen molar-refractivity contribution in [2.45, 2.75) is 31.4 Å². The molecule has 2 aliphatic rings. The maximum atomic E-state index is 12.3. The van der Waals surface area contributed by atoms with Gasteiger partial charge in [0.2, 0.25) is 0 Å². The molecule has 2 aliphatic heterocycles. The van der Waals surface area contributed by atoms with Crippen molar-refractivity contribution in [3.8, 4) is 0 Å². The first-order chi connectivity index (χ1) is 9.16. The lowest BCUT2D eigenvalue weighted by Crippen LogP contribution is -2.29. The number of ketones is 1. The number of rotatable bonds is 3. The van der Waals surface area contributed by atoms with Gasteiger partial charge in [0.15, 0.2) is 5.78 Å². The molecule has 1 saturated heterocycles. The van der Waals surface area contributed by atoms with E-state index in [1.165, 1.54) is 6.07 Å². The number of benzene rings is 1. The van der Waals surface area contributed by atoms with Crippen molar-refractivity contribution in [3.63, 3.8) is 0 Å². The lowest BCUT2D eigenvalue weighted by atomic mass is 9.98. The smallest absolute Gasteiger partial charge is 0.187 e. The molecule has 100 valence electrons. The Hall–Kier alpha value is -1.88. The number of carboxylic acid groups (broad SMARTS) is 1. The molecule has 1 fully saturated rings. The van der Waals surface area contributed by atoms with Crippen LogP contribution in [-0.4, -0.2) is 30.5 Å². The van der Waals surface area contributed by atoms with Crippen molar-refractivity contribution in [1.29, 1.82) is 0 Å². The van der Waals surface area contributed by atoms with E-state index in [-0.39, 0.29) is 23.0 Å². The molecule has 5 heteroatoms. The average molecular weight is 260 g/mol. The summed E-state index contributed by atoms with van der Waals surface area (Å²) in [6, 6.07) is 4.34. The summed E-state index contributed by atoms with van der Waals surface area (Å²) < 4.78 is 5.52. The van der Waals surface area contributed by atoms with Gasteiger partial charge in [-0.1, -0.05) is 12.1 Å². The molecule has 1 aromatic carbocycles. The first-order valence-corrected chi connectivity index (χ1v) is 6.43. The molecule has 5 nitrogen and oxygen atoms in total. The molecule has 0 unspecified atom stereocenters. The van der Waals surface area contributed by atoms with Crippen LogP contribution in [0.25, 0.3) is 0 Å². The van der Waals surface area contributed by atoms with Gasteiger partial charge in [0.1, 0.15) is 0 Å².